The fourth-order valence-electron chi connectivity index (χ4n) is 6.34. The van der Waals surface area contributed by atoms with Crippen molar-refractivity contribution in [1.82, 2.24) is 10.2 Å². The molecule has 224 valence electrons. The largest absolute Gasteiger partial charge is 0.480 e. The SMILES string of the molecule is CSCC[C@H](NC(=O)c1ccc(COC(CC2CCCCC2)CN2CCCCC2)cc1-c1ccccc1C)C(=O)O. The number of carbonyl (C=O) groups is 2. The van der Waals surface area contributed by atoms with Crippen LogP contribution in [0.2, 0.25) is 0 Å². The predicted octanol–water partition coefficient (Wildman–Crippen LogP) is 6.94. The van der Waals surface area contributed by atoms with Crippen molar-refractivity contribution in [3.05, 3.63) is 59.2 Å². The van der Waals surface area contributed by atoms with Crippen molar-refractivity contribution in [3.63, 3.8) is 0 Å². The van der Waals surface area contributed by atoms with Crippen LogP contribution in [0.25, 0.3) is 11.1 Å². The third-order valence-electron chi connectivity index (χ3n) is 8.70. The highest BCUT2D eigenvalue weighted by molar-refractivity contribution is 7.98. The Hall–Kier alpha value is -2.35. The second-order valence-electron chi connectivity index (χ2n) is 11.9. The van der Waals surface area contributed by atoms with Crippen LogP contribution in [0.15, 0.2) is 42.5 Å². The standard InChI is InChI=1S/C34H48N2O4S/c1-25-11-7-8-14-29(25)31-22-27(15-16-30(31)33(37)35-32(34(38)39)17-20-41-2)24-40-28(21-26-12-5-3-6-13-26)23-36-18-9-4-10-19-36/h7-8,11,14-16,22,26,28,32H,3-6,9-10,12-13,17-21,23-24H2,1-2H3,(H,35,37)(H,38,39)/t28?,32-/m0/s1. The van der Waals surface area contributed by atoms with Gasteiger partial charge in [0.05, 0.1) is 12.7 Å². The summed E-state index contributed by atoms with van der Waals surface area (Å²) in [5, 5.41) is 12.5. The Morgan fingerprint density at radius 2 is 1.76 bits per heavy atom. The normalized spacial score (nSPS) is 18.1. The molecular formula is C34H48N2O4S. The Morgan fingerprint density at radius 1 is 1.02 bits per heavy atom. The van der Waals surface area contributed by atoms with Gasteiger partial charge in [0.2, 0.25) is 0 Å². The van der Waals surface area contributed by atoms with Crippen LogP contribution in [0.4, 0.5) is 0 Å². The molecule has 1 aliphatic carbocycles. The van der Waals surface area contributed by atoms with Crippen molar-refractivity contribution >= 4 is 23.6 Å². The average molecular weight is 581 g/mol. The molecule has 2 fully saturated rings. The predicted molar refractivity (Wildman–Crippen MR) is 169 cm³/mol. The molecular weight excluding hydrogens is 532 g/mol. The summed E-state index contributed by atoms with van der Waals surface area (Å²) in [5.41, 5.74) is 4.38. The van der Waals surface area contributed by atoms with Gasteiger partial charge in [-0.05, 0) is 98.0 Å². The van der Waals surface area contributed by atoms with Crippen LogP contribution in [0, 0.1) is 12.8 Å². The highest BCUT2D eigenvalue weighted by Crippen LogP contribution is 2.31. The van der Waals surface area contributed by atoms with E-state index >= 15 is 0 Å². The molecule has 2 aromatic rings. The van der Waals surface area contributed by atoms with E-state index in [1.807, 2.05) is 49.6 Å². The number of piperidine rings is 1. The maximum Gasteiger partial charge on any atom is 0.326 e. The first-order valence-corrected chi connectivity index (χ1v) is 16.9. The molecule has 1 amide bonds. The number of carboxylic acids is 1. The Balaban J connectivity index is 1.53. The Morgan fingerprint density at radius 3 is 2.46 bits per heavy atom. The summed E-state index contributed by atoms with van der Waals surface area (Å²) < 4.78 is 6.67. The number of nitrogens with zero attached hydrogens (tertiary/aromatic N) is 1. The van der Waals surface area contributed by atoms with Gasteiger partial charge in [0, 0.05) is 12.1 Å². The quantitative estimate of drug-likeness (QED) is 0.252. The second-order valence-corrected chi connectivity index (χ2v) is 12.9. The van der Waals surface area contributed by atoms with Crippen LogP contribution in [-0.2, 0) is 16.1 Å². The number of aryl methyl sites for hydroxylation is 1. The lowest BCUT2D eigenvalue weighted by molar-refractivity contribution is -0.139. The Labute approximate surface area is 250 Å². The number of thioether (sulfide) groups is 1. The molecule has 41 heavy (non-hydrogen) atoms. The first-order chi connectivity index (χ1) is 19.9. The van der Waals surface area contributed by atoms with E-state index in [4.69, 9.17) is 4.74 Å². The zero-order valence-corrected chi connectivity index (χ0v) is 25.7. The summed E-state index contributed by atoms with van der Waals surface area (Å²) in [6, 6.07) is 13.0. The monoisotopic (exact) mass is 580 g/mol. The van der Waals surface area contributed by atoms with Crippen molar-refractivity contribution < 1.29 is 19.4 Å². The topological polar surface area (TPSA) is 78.9 Å². The number of carbonyl (C=O) groups excluding carboxylic acids is 1. The number of benzene rings is 2. The van der Waals surface area contributed by atoms with Gasteiger partial charge in [-0.2, -0.15) is 11.8 Å². The molecule has 1 unspecified atom stereocenters. The molecule has 1 heterocycles. The minimum absolute atomic E-state index is 0.203. The van der Waals surface area contributed by atoms with Crippen LogP contribution >= 0.6 is 11.8 Å². The van der Waals surface area contributed by atoms with Gasteiger partial charge in [0.15, 0.2) is 0 Å². The molecule has 2 aromatic carbocycles. The summed E-state index contributed by atoms with van der Waals surface area (Å²) >= 11 is 1.57. The smallest absolute Gasteiger partial charge is 0.326 e. The zero-order valence-electron chi connectivity index (χ0n) is 24.9. The van der Waals surface area contributed by atoms with Gasteiger partial charge in [0.1, 0.15) is 6.04 Å². The fourth-order valence-corrected chi connectivity index (χ4v) is 6.81. The van der Waals surface area contributed by atoms with Gasteiger partial charge in [-0.3, -0.25) is 4.79 Å². The lowest BCUT2D eigenvalue weighted by Crippen LogP contribution is -2.41. The van der Waals surface area contributed by atoms with Crippen molar-refractivity contribution in [2.24, 2.45) is 5.92 Å². The molecule has 1 saturated carbocycles. The maximum atomic E-state index is 13.4. The molecule has 6 nitrogen and oxygen atoms in total. The molecule has 0 aromatic heterocycles. The number of hydrogen-bond donors (Lipinski definition) is 2. The fraction of sp³-hybridized carbons (Fsp3) is 0.588. The third-order valence-corrected chi connectivity index (χ3v) is 9.34. The van der Waals surface area contributed by atoms with E-state index in [1.165, 1.54) is 64.5 Å². The Bertz CT molecular complexity index is 1110. The van der Waals surface area contributed by atoms with E-state index in [-0.39, 0.29) is 12.0 Å². The molecule has 1 saturated heterocycles. The molecule has 7 heteroatoms. The summed E-state index contributed by atoms with van der Waals surface area (Å²) in [4.78, 5) is 27.8. The van der Waals surface area contributed by atoms with Crippen LogP contribution in [0.5, 0.6) is 0 Å². The minimum atomic E-state index is -1.01. The highest BCUT2D eigenvalue weighted by Gasteiger charge is 2.25. The summed E-state index contributed by atoms with van der Waals surface area (Å²) in [5.74, 6) is 0.0509. The summed E-state index contributed by atoms with van der Waals surface area (Å²) in [6.45, 7) is 5.86. The number of nitrogens with one attached hydrogen (secondary N) is 1. The lowest BCUT2D eigenvalue weighted by Gasteiger charge is -2.33. The van der Waals surface area contributed by atoms with Crippen molar-refractivity contribution in [2.75, 3.05) is 31.6 Å². The van der Waals surface area contributed by atoms with E-state index in [9.17, 15) is 14.7 Å². The lowest BCUT2D eigenvalue weighted by atomic mass is 9.85. The first-order valence-electron chi connectivity index (χ1n) is 15.5. The van der Waals surface area contributed by atoms with Gasteiger partial charge in [0.25, 0.3) is 5.91 Å². The van der Waals surface area contributed by atoms with Crippen molar-refractivity contribution in [3.8, 4) is 11.1 Å². The van der Waals surface area contributed by atoms with E-state index < -0.39 is 12.0 Å². The number of carboxylic acid groups (broad SMARTS) is 1. The van der Waals surface area contributed by atoms with Gasteiger partial charge in [-0.15, -0.1) is 0 Å². The number of hydrogen-bond acceptors (Lipinski definition) is 5. The van der Waals surface area contributed by atoms with E-state index in [2.05, 4.69) is 16.3 Å². The van der Waals surface area contributed by atoms with Crippen molar-refractivity contribution in [2.45, 2.75) is 89.9 Å². The molecule has 0 radical (unpaired) electrons. The second kappa shape index (κ2) is 16.3. The third kappa shape index (κ3) is 9.59. The average Bonchev–Trinajstić information content (AvgIpc) is 2.99. The van der Waals surface area contributed by atoms with Crippen LogP contribution in [-0.4, -0.2) is 65.7 Å². The van der Waals surface area contributed by atoms with Crippen LogP contribution in [0.3, 0.4) is 0 Å². The molecule has 1 aliphatic heterocycles. The number of rotatable bonds is 14. The summed E-state index contributed by atoms with van der Waals surface area (Å²) in [6.07, 6.45) is 14.2. The molecule has 0 bridgehead atoms. The molecule has 2 aliphatic rings. The van der Waals surface area contributed by atoms with Gasteiger partial charge < -0.3 is 20.1 Å². The van der Waals surface area contributed by atoms with Crippen molar-refractivity contribution in [1.29, 1.82) is 0 Å². The minimum Gasteiger partial charge on any atom is -0.480 e. The number of amides is 1. The van der Waals surface area contributed by atoms with Crippen LogP contribution in [0.1, 0.15) is 85.7 Å². The first kappa shape index (κ1) is 31.6. The number of aliphatic carboxylic acids is 1. The zero-order chi connectivity index (χ0) is 29.0. The highest BCUT2D eigenvalue weighted by atomic mass is 32.2. The molecule has 2 N–H and O–H groups in total. The van der Waals surface area contributed by atoms with E-state index in [0.29, 0.717) is 24.3 Å². The van der Waals surface area contributed by atoms with Crippen LogP contribution < -0.4 is 5.32 Å². The van der Waals surface area contributed by atoms with Gasteiger partial charge in [-0.1, -0.05) is 68.9 Å². The maximum absolute atomic E-state index is 13.4. The van der Waals surface area contributed by atoms with Gasteiger partial charge >= 0.3 is 5.97 Å². The van der Waals surface area contributed by atoms with Gasteiger partial charge in [-0.25, -0.2) is 4.79 Å². The molecule has 2 atom stereocenters. The van der Waals surface area contributed by atoms with E-state index in [0.717, 1.165) is 41.1 Å². The number of ether oxygens (including phenoxy) is 1. The van der Waals surface area contributed by atoms with E-state index in [1.54, 1.807) is 11.8 Å². The Kier molecular flexibility index (Phi) is 12.6. The molecule has 4 rings (SSSR count). The molecule has 0 spiro atoms. The number of likely N-dealkylation sites (tertiary alicyclic amines) is 1. The summed E-state index contributed by atoms with van der Waals surface area (Å²) in [7, 11) is 0.